The van der Waals surface area contributed by atoms with Crippen molar-refractivity contribution in [2.45, 2.75) is 18.8 Å². The maximum absolute atomic E-state index is 13.6. The highest BCUT2D eigenvalue weighted by atomic mass is 35.5. The average molecular weight is 514 g/mol. The van der Waals surface area contributed by atoms with Crippen LogP contribution in [0.3, 0.4) is 0 Å². The van der Waals surface area contributed by atoms with Gasteiger partial charge in [-0.3, -0.25) is 19.3 Å². The second-order valence-corrected chi connectivity index (χ2v) is 10.5. The van der Waals surface area contributed by atoms with Crippen LogP contribution in [0.15, 0.2) is 78.9 Å². The quantitative estimate of drug-likeness (QED) is 0.253. The second kappa shape index (κ2) is 9.27. The molecule has 0 unspecified atom stereocenters. The van der Waals surface area contributed by atoms with Crippen LogP contribution in [-0.2, 0) is 14.3 Å². The van der Waals surface area contributed by atoms with Crippen molar-refractivity contribution in [2.75, 3.05) is 11.5 Å². The van der Waals surface area contributed by atoms with Crippen molar-refractivity contribution in [3.63, 3.8) is 0 Å². The number of ketones is 1. The number of imide groups is 1. The highest BCUT2D eigenvalue weighted by Crippen LogP contribution is 2.61. The zero-order chi connectivity index (χ0) is 25.7. The third-order valence-corrected chi connectivity index (χ3v) is 8.34. The van der Waals surface area contributed by atoms with Gasteiger partial charge in [-0.2, -0.15) is 0 Å². The Bertz CT molecular complexity index is 1400. The van der Waals surface area contributed by atoms with Gasteiger partial charge in [-0.05, 0) is 78.6 Å². The summed E-state index contributed by atoms with van der Waals surface area (Å²) >= 11 is 5.85. The largest absolute Gasteiger partial charge is 0.454 e. The van der Waals surface area contributed by atoms with Crippen molar-refractivity contribution in [3.05, 3.63) is 101 Å². The molecule has 3 aliphatic rings. The minimum absolute atomic E-state index is 0.144. The van der Waals surface area contributed by atoms with Crippen LogP contribution < -0.4 is 4.90 Å². The summed E-state index contributed by atoms with van der Waals surface area (Å²) in [5, 5.41) is 0.504. The molecule has 2 aliphatic carbocycles. The molecule has 6 nitrogen and oxygen atoms in total. The Morgan fingerprint density at radius 3 is 2.32 bits per heavy atom. The molecule has 5 atom stereocenters. The predicted octanol–water partition coefficient (Wildman–Crippen LogP) is 5.31. The van der Waals surface area contributed by atoms with E-state index < -0.39 is 12.6 Å². The lowest BCUT2D eigenvalue weighted by Crippen LogP contribution is -2.33. The van der Waals surface area contributed by atoms with Gasteiger partial charge in [0.1, 0.15) is 0 Å². The van der Waals surface area contributed by atoms with Gasteiger partial charge in [0, 0.05) is 10.6 Å². The van der Waals surface area contributed by atoms with Gasteiger partial charge in [-0.25, -0.2) is 4.79 Å². The SMILES string of the molecule is O=C(COC(=O)c1cccc(N2C(=O)[C@@H]3[C@@H]4C[C@@H]([C@@H]3C2=O)[C@H](c2ccccc2)C4)c1)c1ccc(Cl)cc1. The predicted molar refractivity (Wildman–Crippen MR) is 137 cm³/mol. The summed E-state index contributed by atoms with van der Waals surface area (Å²) in [6, 6.07) is 22.8. The summed E-state index contributed by atoms with van der Waals surface area (Å²) in [6.45, 7) is -0.430. The van der Waals surface area contributed by atoms with Crippen molar-refractivity contribution < 1.29 is 23.9 Å². The third-order valence-electron chi connectivity index (χ3n) is 8.08. The van der Waals surface area contributed by atoms with E-state index in [1.54, 1.807) is 42.5 Å². The minimum Gasteiger partial charge on any atom is -0.454 e. The molecule has 1 saturated heterocycles. The number of Topliss-reactive ketones (excluding diaryl/α,β-unsaturated/α-hetero) is 1. The van der Waals surface area contributed by atoms with Gasteiger partial charge < -0.3 is 4.74 Å². The number of rotatable bonds is 6. The normalized spacial score (nSPS) is 25.9. The molecular weight excluding hydrogens is 490 g/mol. The Hall–Kier alpha value is -3.77. The molecule has 0 N–H and O–H groups in total. The number of benzene rings is 3. The van der Waals surface area contributed by atoms with Gasteiger partial charge in [-0.15, -0.1) is 0 Å². The molecule has 0 spiro atoms. The average Bonchev–Trinajstić information content (AvgIpc) is 3.59. The van der Waals surface area contributed by atoms with E-state index >= 15 is 0 Å². The maximum Gasteiger partial charge on any atom is 0.338 e. The second-order valence-electron chi connectivity index (χ2n) is 10.0. The zero-order valence-corrected chi connectivity index (χ0v) is 20.6. The number of fused-ring (bicyclic) bond motifs is 5. The maximum atomic E-state index is 13.6. The minimum atomic E-state index is -0.701. The van der Waals surface area contributed by atoms with Crippen LogP contribution in [0.2, 0.25) is 5.02 Å². The number of hydrogen-bond acceptors (Lipinski definition) is 5. The van der Waals surface area contributed by atoms with E-state index in [-0.39, 0.29) is 52.8 Å². The number of hydrogen-bond donors (Lipinski definition) is 0. The highest BCUT2D eigenvalue weighted by Gasteiger charge is 2.64. The van der Waals surface area contributed by atoms with Gasteiger partial charge in [0.25, 0.3) is 0 Å². The molecule has 0 radical (unpaired) electrons. The Balaban J connectivity index is 1.18. The van der Waals surface area contributed by atoms with Crippen molar-refractivity contribution in [1.29, 1.82) is 0 Å². The number of nitrogens with zero attached hydrogens (tertiary/aromatic N) is 1. The van der Waals surface area contributed by atoms with Crippen LogP contribution in [0.1, 0.15) is 45.0 Å². The first-order chi connectivity index (χ1) is 17.9. The number of carbonyl (C=O) groups excluding carboxylic acids is 4. The van der Waals surface area contributed by atoms with Crippen molar-refractivity contribution >= 4 is 40.9 Å². The summed E-state index contributed by atoms with van der Waals surface area (Å²) in [5.41, 5.74) is 2.14. The molecule has 186 valence electrons. The van der Waals surface area contributed by atoms with Gasteiger partial charge >= 0.3 is 5.97 Å². The fourth-order valence-electron chi connectivity index (χ4n) is 6.50. The molecule has 2 bridgehead atoms. The number of esters is 1. The van der Waals surface area contributed by atoms with Crippen LogP contribution in [-0.4, -0.2) is 30.2 Å². The number of halogens is 1. The van der Waals surface area contributed by atoms with E-state index in [4.69, 9.17) is 16.3 Å². The zero-order valence-electron chi connectivity index (χ0n) is 19.9. The van der Waals surface area contributed by atoms with E-state index in [1.165, 1.54) is 16.5 Å². The first-order valence-corrected chi connectivity index (χ1v) is 12.8. The molecule has 6 rings (SSSR count). The molecule has 0 aromatic heterocycles. The van der Waals surface area contributed by atoms with Crippen LogP contribution in [0.25, 0.3) is 0 Å². The molecular formula is C30H24ClNO5. The fourth-order valence-corrected chi connectivity index (χ4v) is 6.63. The first kappa shape index (κ1) is 23.6. The van der Waals surface area contributed by atoms with E-state index in [2.05, 4.69) is 12.1 Å². The number of carbonyl (C=O) groups is 4. The van der Waals surface area contributed by atoms with Crippen molar-refractivity contribution in [1.82, 2.24) is 0 Å². The summed E-state index contributed by atoms with van der Waals surface area (Å²) in [5.74, 6) is -1.45. The lowest BCUT2D eigenvalue weighted by atomic mass is 9.73. The monoisotopic (exact) mass is 513 g/mol. The standard InChI is InChI=1S/C30H24ClNO5/c31-21-11-9-18(10-12-21)25(33)16-37-30(36)19-7-4-8-22(13-19)32-28(34)26-20-14-23(17-5-2-1-3-6-17)24(15-20)27(26)29(32)35/h1-13,20,23-24,26-27H,14-16H2/t20-,23-,24+,26+,27-/m0/s1. The summed E-state index contributed by atoms with van der Waals surface area (Å²) in [7, 11) is 0. The Kier molecular flexibility index (Phi) is 5.92. The van der Waals surface area contributed by atoms with Crippen LogP contribution >= 0.6 is 11.6 Å². The molecule has 1 aliphatic heterocycles. The first-order valence-electron chi connectivity index (χ1n) is 12.4. The molecule has 37 heavy (non-hydrogen) atoms. The van der Waals surface area contributed by atoms with Gasteiger partial charge in [0.2, 0.25) is 11.8 Å². The van der Waals surface area contributed by atoms with E-state index in [1.807, 2.05) is 18.2 Å². The third kappa shape index (κ3) is 4.05. The smallest absolute Gasteiger partial charge is 0.338 e. The number of ether oxygens (including phenoxy) is 1. The lowest BCUT2D eigenvalue weighted by Gasteiger charge is -2.28. The van der Waals surface area contributed by atoms with Crippen LogP contribution in [0, 0.1) is 23.7 Å². The molecule has 3 fully saturated rings. The molecule has 2 amide bonds. The molecule has 7 heteroatoms. The van der Waals surface area contributed by atoms with E-state index in [9.17, 15) is 19.2 Å². The molecule has 2 saturated carbocycles. The Morgan fingerprint density at radius 2 is 1.57 bits per heavy atom. The number of amides is 2. The van der Waals surface area contributed by atoms with Gasteiger partial charge in [0.15, 0.2) is 12.4 Å². The van der Waals surface area contributed by atoms with Crippen molar-refractivity contribution in [2.24, 2.45) is 23.7 Å². The van der Waals surface area contributed by atoms with E-state index in [0.29, 0.717) is 16.3 Å². The topological polar surface area (TPSA) is 80.8 Å². The molecule has 3 aromatic carbocycles. The summed E-state index contributed by atoms with van der Waals surface area (Å²) < 4.78 is 5.22. The Labute approximate surface area is 219 Å². The molecule has 1 heterocycles. The van der Waals surface area contributed by atoms with Gasteiger partial charge in [-0.1, -0.05) is 48.0 Å². The van der Waals surface area contributed by atoms with Crippen molar-refractivity contribution in [3.8, 4) is 0 Å². The highest BCUT2D eigenvalue weighted by molar-refractivity contribution is 6.30. The summed E-state index contributed by atoms with van der Waals surface area (Å²) in [6.07, 6.45) is 1.81. The van der Waals surface area contributed by atoms with E-state index in [0.717, 1.165) is 12.8 Å². The lowest BCUT2D eigenvalue weighted by molar-refractivity contribution is -0.123. The summed E-state index contributed by atoms with van der Waals surface area (Å²) in [4.78, 5) is 53.3. The fraction of sp³-hybridized carbons (Fsp3) is 0.267. The van der Waals surface area contributed by atoms with Crippen LogP contribution in [0.4, 0.5) is 5.69 Å². The Morgan fingerprint density at radius 1 is 0.838 bits per heavy atom. The number of anilines is 1. The molecule has 3 aromatic rings. The van der Waals surface area contributed by atoms with Gasteiger partial charge in [0.05, 0.1) is 23.1 Å². The van der Waals surface area contributed by atoms with Crippen LogP contribution in [0.5, 0.6) is 0 Å².